The van der Waals surface area contributed by atoms with Crippen LogP contribution in [0.25, 0.3) is 0 Å². The first-order valence-corrected chi connectivity index (χ1v) is 13.9. The third-order valence-electron chi connectivity index (χ3n) is 5.17. The molecule has 0 radical (unpaired) electrons. The zero-order valence-electron chi connectivity index (χ0n) is 21.2. The van der Waals surface area contributed by atoms with Crippen LogP contribution in [0.3, 0.4) is 0 Å². The number of carbonyl (C=O) groups is 4. The number of ether oxygens (including phenoxy) is 3. The number of rotatable bonds is 13. The number of anilines is 1. The van der Waals surface area contributed by atoms with Gasteiger partial charge < -0.3 is 25.3 Å². The van der Waals surface area contributed by atoms with Crippen LogP contribution in [0.5, 0.6) is 0 Å². The molecule has 2 rings (SSSR count). The van der Waals surface area contributed by atoms with Gasteiger partial charge in [-0.3, -0.25) is 9.59 Å². The maximum atomic E-state index is 12.9. The molecule has 0 aliphatic rings. The van der Waals surface area contributed by atoms with E-state index in [1.807, 2.05) is 0 Å². The van der Waals surface area contributed by atoms with Crippen molar-refractivity contribution in [2.45, 2.75) is 25.7 Å². The SMILES string of the molecule is CCN(CC)S(=O)(=O)c1cc(C(=O)OCC(=O)Nc2sc(C(N)=O)c(C)c2C(=O)OCCOC)ccc1Cl. The van der Waals surface area contributed by atoms with Crippen molar-refractivity contribution in [3.05, 3.63) is 44.8 Å². The van der Waals surface area contributed by atoms with Crippen LogP contribution in [0.15, 0.2) is 23.1 Å². The van der Waals surface area contributed by atoms with Crippen LogP contribution in [0.1, 0.15) is 49.8 Å². The van der Waals surface area contributed by atoms with Gasteiger partial charge in [0.15, 0.2) is 6.61 Å². The molecule has 38 heavy (non-hydrogen) atoms. The van der Waals surface area contributed by atoms with E-state index in [9.17, 15) is 27.6 Å². The second-order valence-corrected chi connectivity index (χ2v) is 10.9. The Hall–Kier alpha value is -3.04. The minimum absolute atomic E-state index is 0.0149. The molecule has 0 aliphatic carbocycles. The highest BCUT2D eigenvalue weighted by Crippen LogP contribution is 2.33. The van der Waals surface area contributed by atoms with E-state index in [1.165, 1.54) is 30.5 Å². The van der Waals surface area contributed by atoms with Crippen LogP contribution in [0, 0.1) is 6.92 Å². The van der Waals surface area contributed by atoms with Gasteiger partial charge in [-0.2, -0.15) is 4.31 Å². The Balaban J connectivity index is 2.19. The summed E-state index contributed by atoms with van der Waals surface area (Å²) < 4.78 is 41.8. The van der Waals surface area contributed by atoms with Gasteiger partial charge in [-0.25, -0.2) is 18.0 Å². The second-order valence-electron chi connectivity index (χ2n) is 7.61. The lowest BCUT2D eigenvalue weighted by molar-refractivity contribution is -0.119. The van der Waals surface area contributed by atoms with Crippen LogP contribution >= 0.6 is 22.9 Å². The maximum Gasteiger partial charge on any atom is 0.341 e. The Morgan fingerprint density at radius 3 is 2.32 bits per heavy atom. The summed E-state index contributed by atoms with van der Waals surface area (Å²) in [5, 5.41) is 2.33. The van der Waals surface area contributed by atoms with Crippen molar-refractivity contribution < 1.29 is 41.8 Å². The molecule has 0 aliphatic heterocycles. The molecule has 15 heteroatoms. The number of nitrogens with two attached hydrogens (primary N) is 1. The molecule has 12 nitrogen and oxygen atoms in total. The third kappa shape index (κ3) is 7.29. The first-order chi connectivity index (χ1) is 17.9. The summed E-state index contributed by atoms with van der Waals surface area (Å²) in [7, 11) is -2.54. The van der Waals surface area contributed by atoms with E-state index in [4.69, 9.17) is 31.5 Å². The fourth-order valence-corrected chi connectivity index (χ4v) is 6.30. The van der Waals surface area contributed by atoms with Crippen LogP contribution in [0.2, 0.25) is 5.02 Å². The number of thiophene rings is 1. The quantitative estimate of drug-likeness (QED) is 0.263. The normalized spacial score (nSPS) is 11.3. The van der Waals surface area contributed by atoms with Gasteiger partial charge in [0.25, 0.3) is 11.8 Å². The smallest absolute Gasteiger partial charge is 0.341 e. The second kappa shape index (κ2) is 13.7. The van der Waals surface area contributed by atoms with E-state index in [1.54, 1.807) is 13.8 Å². The first-order valence-electron chi connectivity index (χ1n) is 11.2. The average Bonchev–Trinajstić information content (AvgIpc) is 3.19. The van der Waals surface area contributed by atoms with Gasteiger partial charge in [-0.1, -0.05) is 25.4 Å². The van der Waals surface area contributed by atoms with E-state index in [2.05, 4.69) is 5.32 Å². The summed E-state index contributed by atoms with van der Waals surface area (Å²) in [6, 6.07) is 3.59. The lowest BCUT2D eigenvalue weighted by atomic mass is 10.1. The number of halogens is 1. The molecule has 0 unspecified atom stereocenters. The number of esters is 2. The average molecular weight is 590 g/mol. The van der Waals surface area contributed by atoms with Crippen LogP contribution in [-0.4, -0.2) is 76.5 Å². The van der Waals surface area contributed by atoms with Gasteiger partial charge in [0, 0.05) is 20.2 Å². The van der Waals surface area contributed by atoms with Gasteiger partial charge in [0.05, 0.1) is 27.6 Å². The molecule has 208 valence electrons. The summed E-state index contributed by atoms with van der Waals surface area (Å²) in [6.07, 6.45) is 0. The van der Waals surface area contributed by atoms with E-state index in [0.717, 1.165) is 17.4 Å². The number of benzene rings is 1. The number of hydrogen-bond donors (Lipinski definition) is 2. The van der Waals surface area contributed by atoms with Crippen LogP contribution < -0.4 is 11.1 Å². The number of hydrogen-bond acceptors (Lipinski definition) is 10. The topological polar surface area (TPSA) is 171 Å². The zero-order chi connectivity index (χ0) is 28.6. The molecular formula is C23H28ClN3O9S2. The van der Waals surface area contributed by atoms with Gasteiger partial charge >= 0.3 is 11.9 Å². The summed E-state index contributed by atoms with van der Waals surface area (Å²) in [4.78, 5) is 49.2. The van der Waals surface area contributed by atoms with E-state index in [0.29, 0.717) is 0 Å². The van der Waals surface area contributed by atoms with Gasteiger partial charge in [-0.05, 0) is 30.7 Å². The predicted molar refractivity (Wildman–Crippen MR) is 140 cm³/mol. The van der Waals surface area contributed by atoms with Crippen LogP contribution in [0.4, 0.5) is 5.00 Å². The fourth-order valence-electron chi connectivity index (χ4n) is 3.28. The summed E-state index contributed by atoms with van der Waals surface area (Å²) in [5.74, 6) is -3.42. The number of nitrogens with one attached hydrogen (secondary N) is 1. The van der Waals surface area contributed by atoms with Crippen molar-refractivity contribution in [3.8, 4) is 0 Å². The molecule has 0 atom stereocenters. The molecule has 0 bridgehead atoms. The van der Waals surface area contributed by atoms with Crippen molar-refractivity contribution in [1.82, 2.24) is 4.31 Å². The number of carbonyl (C=O) groups excluding carboxylic acids is 4. The lowest BCUT2D eigenvalue weighted by Crippen LogP contribution is -2.31. The zero-order valence-corrected chi connectivity index (χ0v) is 23.5. The molecule has 1 aromatic carbocycles. The Morgan fingerprint density at radius 2 is 1.74 bits per heavy atom. The standard InChI is InChI=1S/C23H28ClN3O9S2/c1-5-27(6-2)38(32,33)16-11-14(7-8-15(16)24)22(30)36-12-17(28)26-21-18(23(31)35-10-9-34-4)13(3)19(37-21)20(25)29/h7-8,11H,5-6,9-10,12H2,1-4H3,(H2,25,29)(H,26,28). The highest BCUT2D eigenvalue weighted by molar-refractivity contribution is 7.89. The number of amides is 2. The maximum absolute atomic E-state index is 12.9. The summed E-state index contributed by atoms with van der Waals surface area (Å²) in [5.41, 5.74) is 5.38. The monoisotopic (exact) mass is 589 g/mol. The molecule has 0 saturated heterocycles. The number of nitrogens with zero attached hydrogens (tertiary/aromatic N) is 1. The lowest BCUT2D eigenvalue weighted by Gasteiger charge is -2.19. The first kappa shape index (κ1) is 31.2. The minimum Gasteiger partial charge on any atom is -0.460 e. The van der Waals surface area contributed by atoms with Crippen molar-refractivity contribution in [2.75, 3.05) is 45.3 Å². The number of sulfonamides is 1. The Bertz CT molecular complexity index is 1320. The van der Waals surface area contributed by atoms with Crippen molar-refractivity contribution in [1.29, 1.82) is 0 Å². The number of primary amides is 1. The Labute approximate surface area is 229 Å². The summed E-state index contributed by atoms with van der Waals surface area (Å²) >= 11 is 6.85. The van der Waals surface area contributed by atoms with E-state index < -0.39 is 40.4 Å². The minimum atomic E-state index is -3.96. The van der Waals surface area contributed by atoms with E-state index in [-0.39, 0.29) is 62.8 Å². The van der Waals surface area contributed by atoms with Crippen molar-refractivity contribution >= 4 is 61.7 Å². The van der Waals surface area contributed by atoms with Crippen LogP contribution in [-0.2, 0) is 29.0 Å². The highest BCUT2D eigenvalue weighted by atomic mass is 35.5. The molecule has 3 N–H and O–H groups in total. The molecule has 2 amide bonds. The summed E-state index contributed by atoms with van der Waals surface area (Å²) in [6.45, 7) is 4.50. The number of methoxy groups -OCH3 is 1. The molecule has 2 aromatic rings. The predicted octanol–water partition coefficient (Wildman–Crippen LogP) is 2.44. The van der Waals surface area contributed by atoms with Gasteiger partial charge in [0.1, 0.15) is 16.5 Å². The molecule has 0 saturated carbocycles. The highest BCUT2D eigenvalue weighted by Gasteiger charge is 2.28. The van der Waals surface area contributed by atoms with Gasteiger partial charge in [-0.15, -0.1) is 11.3 Å². The molecular weight excluding hydrogens is 562 g/mol. The third-order valence-corrected chi connectivity index (χ3v) is 8.93. The molecule has 0 spiro atoms. The molecule has 1 aromatic heterocycles. The van der Waals surface area contributed by atoms with Crippen molar-refractivity contribution in [3.63, 3.8) is 0 Å². The van der Waals surface area contributed by atoms with Gasteiger partial charge in [0.2, 0.25) is 10.0 Å². The van der Waals surface area contributed by atoms with E-state index >= 15 is 0 Å². The molecule has 1 heterocycles. The Kier molecular flexibility index (Phi) is 11.2. The fraction of sp³-hybridized carbons (Fsp3) is 0.391. The Morgan fingerprint density at radius 1 is 1.08 bits per heavy atom. The van der Waals surface area contributed by atoms with Crippen molar-refractivity contribution in [2.24, 2.45) is 5.73 Å². The largest absolute Gasteiger partial charge is 0.460 e. The molecule has 0 fully saturated rings.